The molecule has 1 N–H and O–H groups in total. The summed E-state index contributed by atoms with van der Waals surface area (Å²) in [5.74, 6) is 0.216. The van der Waals surface area contributed by atoms with Crippen LogP contribution in [0.15, 0.2) is 30.5 Å². The van der Waals surface area contributed by atoms with Crippen LogP contribution in [0.3, 0.4) is 0 Å². The first-order chi connectivity index (χ1) is 12.1. The van der Waals surface area contributed by atoms with Gasteiger partial charge >= 0.3 is 5.97 Å². The Labute approximate surface area is 145 Å². The SMILES string of the molecule is COc1ccccc1Oc1nc(N2CCN(C)CC2)ncc1C(=O)O. The quantitative estimate of drug-likeness (QED) is 0.877. The number of piperazine rings is 1. The molecule has 0 aliphatic carbocycles. The van der Waals surface area contributed by atoms with Crippen molar-refractivity contribution in [2.45, 2.75) is 0 Å². The van der Waals surface area contributed by atoms with Crippen LogP contribution in [0.4, 0.5) is 5.95 Å². The monoisotopic (exact) mass is 344 g/mol. The van der Waals surface area contributed by atoms with E-state index in [1.54, 1.807) is 24.3 Å². The Bertz CT molecular complexity index is 760. The van der Waals surface area contributed by atoms with Crippen LogP contribution < -0.4 is 14.4 Å². The van der Waals surface area contributed by atoms with Crippen molar-refractivity contribution < 1.29 is 19.4 Å². The highest BCUT2D eigenvalue weighted by Gasteiger charge is 2.21. The summed E-state index contributed by atoms with van der Waals surface area (Å²) in [4.78, 5) is 24.3. The maximum absolute atomic E-state index is 11.5. The van der Waals surface area contributed by atoms with Crippen molar-refractivity contribution in [3.05, 3.63) is 36.0 Å². The minimum Gasteiger partial charge on any atom is -0.493 e. The Morgan fingerprint density at radius 1 is 1.16 bits per heavy atom. The summed E-state index contributed by atoms with van der Waals surface area (Å²) in [6.45, 7) is 3.34. The van der Waals surface area contributed by atoms with Gasteiger partial charge in [0.15, 0.2) is 11.5 Å². The Morgan fingerprint density at radius 3 is 2.48 bits per heavy atom. The lowest BCUT2D eigenvalue weighted by Gasteiger charge is -2.32. The van der Waals surface area contributed by atoms with E-state index >= 15 is 0 Å². The van der Waals surface area contributed by atoms with Crippen molar-refractivity contribution in [1.82, 2.24) is 14.9 Å². The summed E-state index contributed by atoms with van der Waals surface area (Å²) in [6.07, 6.45) is 1.29. The van der Waals surface area contributed by atoms with Gasteiger partial charge in [-0.05, 0) is 19.2 Å². The normalized spacial score (nSPS) is 15.0. The second-order valence-corrected chi connectivity index (χ2v) is 5.74. The van der Waals surface area contributed by atoms with Crippen molar-refractivity contribution in [3.63, 3.8) is 0 Å². The number of aromatic carboxylic acids is 1. The van der Waals surface area contributed by atoms with E-state index in [4.69, 9.17) is 9.47 Å². The number of likely N-dealkylation sites (N-methyl/N-ethyl adjacent to an activating group) is 1. The molecular weight excluding hydrogens is 324 g/mol. The number of carbonyl (C=O) groups is 1. The molecule has 0 spiro atoms. The molecule has 132 valence electrons. The van der Waals surface area contributed by atoms with Crippen molar-refractivity contribution >= 4 is 11.9 Å². The fourth-order valence-electron chi connectivity index (χ4n) is 2.55. The van der Waals surface area contributed by atoms with E-state index in [2.05, 4.69) is 21.9 Å². The standard InChI is InChI=1S/C17H20N4O4/c1-20-7-9-21(10-8-20)17-18-11-12(16(22)23)15(19-17)25-14-6-4-3-5-13(14)24-2/h3-6,11H,7-10H2,1-2H3,(H,22,23). The number of rotatable bonds is 5. The third-order valence-electron chi connectivity index (χ3n) is 4.03. The smallest absolute Gasteiger partial charge is 0.342 e. The molecule has 2 aromatic rings. The van der Waals surface area contributed by atoms with Crippen LogP contribution in [-0.2, 0) is 0 Å². The molecule has 1 aliphatic rings. The molecule has 0 radical (unpaired) electrons. The van der Waals surface area contributed by atoms with Gasteiger partial charge < -0.3 is 24.4 Å². The minimum atomic E-state index is -1.14. The van der Waals surface area contributed by atoms with Gasteiger partial charge in [0.1, 0.15) is 5.56 Å². The van der Waals surface area contributed by atoms with Gasteiger partial charge in [-0.3, -0.25) is 0 Å². The maximum atomic E-state index is 11.5. The number of carboxylic acids is 1. The Morgan fingerprint density at radius 2 is 1.84 bits per heavy atom. The molecule has 0 saturated carbocycles. The molecule has 25 heavy (non-hydrogen) atoms. The Balaban J connectivity index is 1.92. The van der Waals surface area contributed by atoms with Crippen LogP contribution in [0.2, 0.25) is 0 Å². The zero-order valence-electron chi connectivity index (χ0n) is 14.2. The molecule has 8 nitrogen and oxygen atoms in total. The largest absolute Gasteiger partial charge is 0.493 e. The second kappa shape index (κ2) is 7.35. The lowest BCUT2D eigenvalue weighted by molar-refractivity contribution is 0.0692. The molecule has 1 fully saturated rings. The lowest BCUT2D eigenvalue weighted by Crippen LogP contribution is -2.45. The molecule has 0 amide bonds. The topological polar surface area (TPSA) is 88.0 Å². The van der Waals surface area contributed by atoms with Gasteiger partial charge in [0.05, 0.1) is 13.3 Å². The summed E-state index contributed by atoms with van der Waals surface area (Å²) < 4.78 is 11.0. The van der Waals surface area contributed by atoms with E-state index in [0.29, 0.717) is 17.4 Å². The second-order valence-electron chi connectivity index (χ2n) is 5.74. The van der Waals surface area contributed by atoms with Gasteiger partial charge in [0, 0.05) is 26.2 Å². The molecular formula is C17H20N4O4. The highest BCUT2D eigenvalue weighted by atomic mass is 16.5. The van der Waals surface area contributed by atoms with Gasteiger partial charge in [0.25, 0.3) is 0 Å². The van der Waals surface area contributed by atoms with E-state index in [-0.39, 0.29) is 11.4 Å². The number of carboxylic acid groups (broad SMARTS) is 1. The van der Waals surface area contributed by atoms with Gasteiger partial charge in [0.2, 0.25) is 11.8 Å². The van der Waals surface area contributed by atoms with Crippen LogP contribution in [0.25, 0.3) is 0 Å². The van der Waals surface area contributed by atoms with Crippen molar-refractivity contribution in [2.24, 2.45) is 0 Å². The molecule has 1 aromatic carbocycles. The molecule has 1 aliphatic heterocycles. The molecule has 0 unspecified atom stereocenters. The van der Waals surface area contributed by atoms with Crippen LogP contribution in [-0.4, -0.2) is 66.3 Å². The first-order valence-corrected chi connectivity index (χ1v) is 7.93. The number of nitrogens with zero attached hydrogens (tertiary/aromatic N) is 4. The van der Waals surface area contributed by atoms with Gasteiger partial charge in [-0.15, -0.1) is 0 Å². The number of aromatic nitrogens is 2. The molecule has 1 saturated heterocycles. The third-order valence-corrected chi connectivity index (χ3v) is 4.03. The molecule has 0 bridgehead atoms. The number of ether oxygens (including phenoxy) is 2. The molecule has 0 atom stereocenters. The summed E-state index contributed by atoms with van der Waals surface area (Å²) in [6, 6.07) is 7.01. The van der Waals surface area contributed by atoms with E-state index < -0.39 is 5.97 Å². The first kappa shape index (κ1) is 17.0. The third kappa shape index (κ3) is 3.80. The number of benzene rings is 1. The molecule has 2 heterocycles. The van der Waals surface area contributed by atoms with Gasteiger partial charge in [-0.1, -0.05) is 12.1 Å². The van der Waals surface area contributed by atoms with E-state index in [9.17, 15) is 9.90 Å². The van der Waals surface area contributed by atoms with Crippen molar-refractivity contribution in [3.8, 4) is 17.4 Å². The van der Waals surface area contributed by atoms with E-state index in [0.717, 1.165) is 26.2 Å². The number of anilines is 1. The average Bonchev–Trinajstić information content (AvgIpc) is 2.62. The van der Waals surface area contributed by atoms with E-state index in [1.807, 2.05) is 4.90 Å². The fraction of sp³-hybridized carbons (Fsp3) is 0.353. The van der Waals surface area contributed by atoms with Crippen LogP contribution >= 0.6 is 0 Å². The fourth-order valence-corrected chi connectivity index (χ4v) is 2.55. The van der Waals surface area contributed by atoms with Crippen LogP contribution in [0, 0.1) is 0 Å². The van der Waals surface area contributed by atoms with E-state index in [1.165, 1.54) is 13.3 Å². The van der Waals surface area contributed by atoms with Crippen molar-refractivity contribution in [1.29, 1.82) is 0 Å². The van der Waals surface area contributed by atoms with Gasteiger partial charge in [-0.2, -0.15) is 4.98 Å². The molecule has 1 aromatic heterocycles. The summed E-state index contributed by atoms with van der Waals surface area (Å²) in [7, 11) is 3.58. The summed E-state index contributed by atoms with van der Waals surface area (Å²) in [5.41, 5.74) is -0.0937. The first-order valence-electron chi connectivity index (χ1n) is 7.93. The number of hydrogen-bond donors (Lipinski definition) is 1. The van der Waals surface area contributed by atoms with Crippen LogP contribution in [0.1, 0.15) is 10.4 Å². The minimum absolute atomic E-state index is 0.000859. The highest BCUT2D eigenvalue weighted by molar-refractivity contribution is 5.90. The number of para-hydroxylation sites is 2. The summed E-state index contributed by atoms with van der Waals surface area (Å²) >= 11 is 0. The zero-order chi connectivity index (χ0) is 17.8. The van der Waals surface area contributed by atoms with Gasteiger partial charge in [-0.25, -0.2) is 9.78 Å². The highest BCUT2D eigenvalue weighted by Crippen LogP contribution is 2.32. The van der Waals surface area contributed by atoms with Crippen molar-refractivity contribution in [2.75, 3.05) is 45.2 Å². The summed E-state index contributed by atoms with van der Waals surface area (Å²) in [5, 5.41) is 9.39. The Kier molecular flexibility index (Phi) is 4.99. The average molecular weight is 344 g/mol. The Hall–Kier alpha value is -2.87. The molecule has 8 heteroatoms. The predicted octanol–water partition coefficient (Wildman–Crippen LogP) is 1.73. The zero-order valence-corrected chi connectivity index (χ0v) is 14.2. The number of hydrogen-bond acceptors (Lipinski definition) is 7. The number of methoxy groups -OCH3 is 1. The maximum Gasteiger partial charge on any atom is 0.342 e. The lowest BCUT2D eigenvalue weighted by atomic mass is 10.3. The predicted molar refractivity (Wildman–Crippen MR) is 91.8 cm³/mol. The molecule has 3 rings (SSSR count). The van der Waals surface area contributed by atoms with Crippen LogP contribution in [0.5, 0.6) is 17.4 Å².